The molecule has 0 radical (unpaired) electrons. The summed E-state index contributed by atoms with van der Waals surface area (Å²) in [5.74, 6) is 0.697. The number of likely N-dealkylation sites (N-methyl/N-ethyl adjacent to an activating group) is 1. The van der Waals surface area contributed by atoms with Gasteiger partial charge in [0.1, 0.15) is 0 Å². The van der Waals surface area contributed by atoms with Gasteiger partial charge >= 0.3 is 0 Å². The van der Waals surface area contributed by atoms with Gasteiger partial charge in [-0.05, 0) is 42.5 Å². The van der Waals surface area contributed by atoms with Crippen molar-refractivity contribution in [1.29, 1.82) is 0 Å². The number of nitrogens with zero attached hydrogens (tertiary/aromatic N) is 1. The molecule has 0 aromatic heterocycles. The van der Waals surface area contributed by atoms with Crippen LogP contribution < -0.4 is 0 Å². The van der Waals surface area contributed by atoms with Crippen molar-refractivity contribution in [2.45, 2.75) is 39.2 Å². The first-order valence-electron chi connectivity index (χ1n) is 6.01. The zero-order valence-electron chi connectivity index (χ0n) is 10.1. The van der Waals surface area contributed by atoms with E-state index < -0.39 is 0 Å². The lowest BCUT2D eigenvalue weighted by Gasteiger charge is -2.26. The minimum Gasteiger partial charge on any atom is -0.302 e. The highest BCUT2D eigenvalue weighted by Crippen LogP contribution is 2.24. The molecule has 1 aliphatic rings. The van der Waals surface area contributed by atoms with E-state index >= 15 is 0 Å². The highest BCUT2D eigenvalue weighted by atomic mass is 15.1. The normalized spacial score (nSPS) is 18.6. The summed E-state index contributed by atoms with van der Waals surface area (Å²) in [6.45, 7) is 6.90. The quantitative estimate of drug-likeness (QED) is 0.713. The molecule has 0 amide bonds. The van der Waals surface area contributed by atoms with Gasteiger partial charge in [-0.2, -0.15) is 0 Å². The largest absolute Gasteiger partial charge is 0.302 e. The van der Waals surface area contributed by atoms with E-state index in [2.05, 4.69) is 44.0 Å². The first kappa shape index (κ1) is 10.7. The SMILES string of the molecule is CCC(C)c1ccc2c(c1)CN(C)CC2. The van der Waals surface area contributed by atoms with E-state index in [-0.39, 0.29) is 0 Å². The standard InChI is InChI=1S/C14H21N/c1-4-11(2)13-6-5-12-7-8-15(3)10-14(12)9-13/h5-6,9,11H,4,7-8,10H2,1-3H3. The van der Waals surface area contributed by atoms with Crippen LogP contribution in [-0.4, -0.2) is 18.5 Å². The molecule has 1 aromatic rings. The molecule has 1 unspecified atom stereocenters. The summed E-state index contributed by atoms with van der Waals surface area (Å²) >= 11 is 0. The Morgan fingerprint density at radius 3 is 2.87 bits per heavy atom. The molecular formula is C14H21N. The summed E-state index contributed by atoms with van der Waals surface area (Å²) in [5, 5.41) is 0. The summed E-state index contributed by atoms with van der Waals surface area (Å²) in [7, 11) is 2.21. The molecule has 0 aliphatic carbocycles. The molecule has 1 heterocycles. The number of rotatable bonds is 2. The lowest BCUT2D eigenvalue weighted by molar-refractivity contribution is 0.312. The first-order valence-corrected chi connectivity index (χ1v) is 6.01. The summed E-state index contributed by atoms with van der Waals surface area (Å²) in [6, 6.07) is 7.07. The molecule has 0 saturated carbocycles. The Balaban J connectivity index is 2.28. The number of fused-ring (bicyclic) bond motifs is 1. The Morgan fingerprint density at radius 1 is 1.33 bits per heavy atom. The van der Waals surface area contributed by atoms with Crippen molar-refractivity contribution in [3.05, 3.63) is 34.9 Å². The Labute approximate surface area is 93.1 Å². The van der Waals surface area contributed by atoms with Crippen molar-refractivity contribution in [3.8, 4) is 0 Å². The monoisotopic (exact) mass is 203 g/mol. The van der Waals surface area contributed by atoms with Gasteiger partial charge in [-0.25, -0.2) is 0 Å². The molecule has 82 valence electrons. The third-order valence-electron chi connectivity index (χ3n) is 3.61. The van der Waals surface area contributed by atoms with Crippen LogP contribution in [0.25, 0.3) is 0 Å². The Morgan fingerprint density at radius 2 is 2.13 bits per heavy atom. The fourth-order valence-corrected chi connectivity index (χ4v) is 2.26. The van der Waals surface area contributed by atoms with Crippen LogP contribution in [0.4, 0.5) is 0 Å². The molecule has 0 saturated heterocycles. The van der Waals surface area contributed by atoms with Crippen molar-refractivity contribution in [2.75, 3.05) is 13.6 Å². The molecule has 2 rings (SSSR count). The third kappa shape index (κ3) is 2.23. The molecule has 0 N–H and O–H groups in total. The van der Waals surface area contributed by atoms with Gasteiger partial charge in [-0.1, -0.05) is 32.0 Å². The van der Waals surface area contributed by atoms with E-state index in [1.807, 2.05) is 0 Å². The first-order chi connectivity index (χ1) is 7.20. The van der Waals surface area contributed by atoms with Crippen LogP contribution in [0.2, 0.25) is 0 Å². The van der Waals surface area contributed by atoms with E-state index in [9.17, 15) is 0 Å². The molecule has 15 heavy (non-hydrogen) atoms. The van der Waals surface area contributed by atoms with Crippen molar-refractivity contribution in [2.24, 2.45) is 0 Å². The Kier molecular flexibility index (Phi) is 3.11. The summed E-state index contributed by atoms with van der Waals surface area (Å²) in [4.78, 5) is 2.41. The molecule has 1 atom stereocenters. The van der Waals surface area contributed by atoms with Crippen LogP contribution in [0, 0.1) is 0 Å². The molecule has 1 nitrogen and oxygen atoms in total. The smallest absolute Gasteiger partial charge is 0.0233 e. The second-order valence-electron chi connectivity index (χ2n) is 4.83. The van der Waals surface area contributed by atoms with Crippen LogP contribution in [0.15, 0.2) is 18.2 Å². The fourth-order valence-electron chi connectivity index (χ4n) is 2.26. The molecule has 1 aromatic carbocycles. The highest BCUT2D eigenvalue weighted by Gasteiger charge is 2.14. The summed E-state index contributed by atoms with van der Waals surface area (Å²) in [6.07, 6.45) is 2.45. The van der Waals surface area contributed by atoms with Crippen LogP contribution in [0.1, 0.15) is 42.9 Å². The van der Waals surface area contributed by atoms with Gasteiger partial charge < -0.3 is 4.90 Å². The Bertz CT molecular complexity index is 343. The zero-order chi connectivity index (χ0) is 10.8. The molecule has 0 bridgehead atoms. The van der Waals surface area contributed by atoms with Gasteiger partial charge in [0, 0.05) is 13.1 Å². The minimum atomic E-state index is 0.697. The maximum absolute atomic E-state index is 2.42. The van der Waals surface area contributed by atoms with Gasteiger partial charge in [-0.15, -0.1) is 0 Å². The number of hydrogen-bond donors (Lipinski definition) is 0. The second-order valence-corrected chi connectivity index (χ2v) is 4.83. The van der Waals surface area contributed by atoms with Gasteiger partial charge in [0.15, 0.2) is 0 Å². The second kappa shape index (κ2) is 4.36. The Hall–Kier alpha value is -0.820. The fraction of sp³-hybridized carbons (Fsp3) is 0.571. The van der Waals surface area contributed by atoms with Crippen molar-refractivity contribution in [1.82, 2.24) is 4.90 Å². The van der Waals surface area contributed by atoms with E-state index in [0.29, 0.717) is 5.92 Å². The van der Waals surface area contributed by atoms with Gasteiger partial charge in [0.25, 0.3) is 0 Å². The average Bonchev–Trinajstić information content (AvgIpc) is 2.27. The van der Waals surface area contributed by atoms with Crippen LogP contribution >= 0.6 is 0 Å². The predicted molar refractivity (Wildman–Crippen MR) is 65.2 cm³/mol. The summed E-state index contributed by atoms with van der Waals surface area (Å²) in [5.41, 5.74) is 4.60. The third-order valence-corrected chi connectivity index (χ3v) is 3.61. The van der Waals surface area contributed by atoms with Gasteiger partial charge in [0.05, 0.1) is 0 Å². The van der Waals surface area contributed by atoms with Crippen molar-refractivity contribution >= 4 is 0 Å². The lowest BCUT2D eigenvalue weighted by Crippen LogP contribution is -2.26. The van der Waals surface area contributed by atoms with E-state index in [1.165, 1.54) is 24.9 Å². The highest BCUT2D eigenvalue weighted by molar-refractivity contribution is 5.35. The molecule has 0 spiro atoms. The molecule has 1 aliphatic heterocycles. The van der Waals surface area contributed by atoms with E-state index in [0.717, 1.165) is 6.54 Å². The van der Waals surface area contributed by atoms with Crippen LogP contribution in [-0.2, 0) is 13.0 Å². The number of benzene rings is 1. The molecule has 0 fully saturated rings. The summed E-state index contributed by atoms with van der Waals surface area (Å²) < 4.78 is 0. The van der Waals surface area contributed by atoms with Crippen molar-refractivity contribution < 1.29 is 0 Å². The zero-order valence-corrected chi connectivity index (χ0v) is 10.1. The minimum absolute atomic E-state index is 0.697. The number of hydrogen-bond acceptors (Lipinski definition) is 1. The average molecular weight is 203 g/mol. The lowest BCUT2D eigenvalue weighted by atomic mass is 9.92. The topological polar surface area (TPSA) is 3.24 Å². The van der Waals surface area contributed by atoms with Gasteiger partial charge in [-0.3, -0.25) is 0 Å². The van der Waals surface area contributed by atoms with E-state index in [4.69, 9.17) is 0 Å². The maximum Gasteiger partial charge on any atom is 0.0233 e. The van der Waals surface area contributed by atoms with Crippen LogP contribution in [0.5, 0.6) is 0 Å². The predicted octanol–water partition coefficient (Wildman–Crippen LogP) is 3.19. The van der Waals surface area contributed by atoms with Crippen molar-refractivity contribution in [3.63, 3.8) is 0 Å². The molecule has 1 heteroatoms. The van der Waals surface area contributed by atoms with Gasteiger partial charge in [0.2, 0.25) is 0 Å². The van der Waals surface area contributed by atoms with E-state index in [1.54, 1.807) is 11.1 Å². The molecular weight excluding hydrogens is 182 g/mol. The maximum atomic E-state index is 2.42. The van der Waals surface area contributed by atoms with Crippen LogP contribution in [0.3, 0.4) is 0 Å².